The van der Waals surface area contributed by atoms with Crippen molar-refractivity contribution < 1.29 is 19.4 Å². The van der Waals surface area contributed by atoms with Crippen LogP contribution >= 0.6 is 0 Å². The van der Waals surface area contributed by atoms with Crippen molar-refractivity contribution in [1.82, 2.24) is 5.32 Å². The fourth-order valence-electron chi connectivity index (χ4n) is 2.03. The average molecular weight is 235 g/mol. The topological polar surface area (TPSA) is 75.6 Å². The zero-order chi connectivity index (χ0) is 12.4. The molecule has 1 aliphatic rings. The monoisotopic (exact) mass is 235 g/mol. The van der Waals surface area contributed by atoms with Crippen molar-refractivity contribution in [3.05, 3.63) is 29.8 Å². The molecule has 1 saturated heterocycles. The molecule has 2 unspecified atom stereocenters. The molecular formula is C12H13NO4. The molecule has 1 amide bonds. The largest absolute Gasteiger partial charge is 0.497 e. The molecule has 17 heavy (non-hydrogen) atoms. The van der Waals surface area contributed by atoms with E-state index in [0.717, 1.165) is 5.56 Å². The summed E-state index contributed by atoms with van der Waals surface area (Å²) in [6.45, 7) is 0. The Morgan fingerprint density at radius 2 is 2.29 bits per heavy atom. The molecule has 1 heterocycles. The van der Waals surface area contributed by atoms with Crippen molar-refractivity contribution in [2.24, 2.45) is 5.92 Å². The Kier molecular flexibility index (Phi) is 2.99. The molecule has 90 valence electrons. The number of carboxylic acids is 1. The Morgan fingerprint density at radius 3 is 2.94 bits per heavy atom. The normalized spacial score (nSPS) is 23.2. The Bertz CT molecular complexity index is 458. The number of methoxy groups -OCH3 is 1. The molecule has 5 heteroatoms. The first kappa shape index (κ1) is 11.4. The lowest BCUT2D eigenvalue weighted by Crippen LogP contribution is -2.24. The fraction of sp³-hybridized carbons (Fsp3) is 0.333. The standard InChI is InChI=1S/C12H13NO4/c1-17-8-4-2-3-7(5-8)11-9(12(15)16)6-10(14)13-11/h2-5,9,11H,6H2,1H3,(H,13,14)(H,15,16). The Hall–Kier alpha value is -2.04. The molecular weight excluding hydrogens is 222 g/mol. The molecule has 2 rings (SSSR count). The van der Waals surface area contributed by atoms with Gasteiger partial charge < -0.3 is 15.2 Å². The van der Waals surface area contributed by atoms with E-state index < -0.39 is 17.9 Å². The fourth-order valence-corrected chi connectivity index (χ4v) is 2.03. The van der Waals surface area contributed by atoms with E-state index in [1.165, 1.54) is 0 Å². The quantitative estimate of drug-likeness (QED) is 0.818. The molecule has 5 nitrogen and oxygen atoms in total. The van der Waals surface area contributed by atoms with Crippen molar-refractivity contribution in [3.8, 4) is 5.75 Å². The predicted octanol–water partition coefficient (Wildman–Crippen LogP) is 0.957. The summed E-state index contributed by atoms with van der Waals surface area (Å²) in [5, 5.41) is 11.7. The van der Waals surface area contributed by atoms with Crippen LogP contribution in [0.15, 0.2) is 24.3 Å². The number of carbonyl (C=O) groups excluding carboxylic acids is 1. The Labute approximate surface area is 98.4 Å². The Balaban J connectivity index is 2.31. The van der Waals surface area contributed by atoms with Gasteiger partial charge >= 0.3 is 5.97 Å². The minimum Gasteiger partial charge on any atom is -0.497 e. The minimum atomic E-state index is -0.962. The summed E-state index contributed by atoms with van der Waals surface area (Å²) in [5.74, 6) is -1.26. The summed E-state index contributed by atoms with van der Waals surface area (Å²) in [7, 11) is 1.54. The minimum absolute atomic E-state index is 0.0250. The van der Waals surface area contributed by atoms with Gasteiger partial charge in [-0.2, -0.15) is 0 Å². The van der Waals surface area contributed by atoms with Gasteiger partial charge in [0, 0.05) is 6.42 Å². The number of nitrogens with one attached hydrogen (secondary N) is 1. The molecule has 0 aromatic heterocycles. The molecule has 0 saturated carbocycles. The maximum Gasteiger partial charge on any atom is 0.309 e. The second-order valence-corrected chi connectivity index (χ2v) is 3.97. The molecule has 1 aromatic carbocycles. The maximum atomic E-state index is 11.3. The number of benzene rings is 1. The van der Waals surface area contributed by atoms with Crippen LogP contribution in [0.3, 0.4) is 0 Å². The van der Waals surface area contributed by atoms with E-state index >= 15 is 0 Å². The van der Waals surface area contributed by atoms with Gasteiger partial charge in [-0.3, -0.25) is 9.59 Å². The lowest BCUT2D eigenvalue weighted by Gasteiger charge is -2.16. The van der Waals surface area contributed by atoms with Crippen molar-refractivity contribution in [3.63, 3.8) is 0 Å². The summed E-state index contributed by atoms with van der Waals surface area (Å²) < 4.78 is 5.08. The summed E-state index contributed by atoms with van der Waals surface area (Å²) in [6, 6.07) is 6.60. The van der Waals surface area contributed by atoms with Crippen molar-refractivity contribution in [2.75, 3.05) is 7.11 Å². The third-order valence-corrected chi connectivity index (χ3v) is 2.89. The van der Waals surface area contributed by atoms with Crippen molar-refractivity contribution in [2.45, 2.75) is 12.5 Å². The highest BCUT2D eigenvalue weighted by molar-refractivity contribution is 5.87. The van der Waals surface area contributed by atoms with Crippen molar-refractivity contribution in [1.29, 1.82) is 0 Å². The third kappa shape index (κ3) is 2.22. The van der Waals surface area contributed by atoms with Crippen LogP contribution in [0, 0.1) is 5.92 Å². The molecule has 1 aliphatic heterocycles. The second-order valence-electron chi connectivity index (χ2n) is 3.97. The number of hydrogen-bond acceptors (Lipinski definition) is 3. The highest BCUT2D eigenvalue weighted by Gasteiger charge is 2.38. The van der Waals surface area contributed by atoms with Crippen LogP contribution in [-0.2, 0) is 9.59 Å². The third-order valence-electron chi connectivity index (χ3n) is 2.89. The van der Waals surface area contributed by atoms with Crippen LogP contribution in [0.25, 0.3) is 0 Å². The summed E-state index contributed by atoms with van der Waals surface area (Å²) in [5.41, 5.74) is 0.752. The molecule has 0 spiro atoms. The lowest BCUT2D eigenvalue weighted by atomic mass is 9.94. The van der Waals surface area contributed by atoms with Crippen LogP contribution in [0.5, 0.6) is 5.75 Å². The van der Waals surface area contributed by atoms with Gasteiger partial charge in [0.2, 0.25) is 5.91 Å². The van der Waals surface area contributed by atoms with Crippen LogP contribution in [0.2, 0.25) is 0 Å². The summed E-state index contributed by atoms with van der Waals surface area (Å²) >= 11 is 0. The van der Waals surface area contributed by atoms with Gasteiger partial charge in [0.15, 0.2) is 0 Å². The molecule has 2 N–H and O–H groups in total. The van der Waals surface area contributed by atoms with Gasteiger partial charge in [-0.25, -0.2) is 0 Å². The smallest absolute Gasteiger partial charge is 0.309 e. The molecule has 0 bridgehead atoms. The van der Waals surface area contributed by atoms with E-state index in [9.17, 15) is 9.59 Å². The van der Waals surface area contributed by atoms with Gasteiger partial charge in [-0.15, -0.1) is 0 Å². The van der Waals surface area contributed by atoms with Gasteiger partial charge in [0.25, 0.3) is 0 Å². The average Bonchev–Trinajstić information content (AvgIpc) is 2.72. The van der Waals surface area contributed by atoms with E-state index in [4.69, 9.17) is 9.84 Å². The lowest BCUT2D eigenvalue weighted by molar-refractivity contribution is -0.142. The number of rotatable bonds is 3. The number of carboxylic acid groups (broad SMARTS) is 1. The number of carbonyl (C=O) groups is 2. The van der Waals surface area contributed by atoms with Gasteiger partial charge in [0.05, 0.1) is 19.1 Å². The zero-order valence-corrected chi connectivity index (χ0v) is 9.34. The van der Waals surface area contributed by atoms with E-state index in [-0.39, 0.29) is 12.3 Å². The molecule has 1 aromatic rings. The van der Waals surface area contributed by atoms with E-state index in [1.54, 1.807) is 31.4 Å². The molecule has 0 radical (unpaired) electrons. The van der Waals surface area contributed by atoms with E-state index in [2.05, 4.69) is 5.32 Å². The van der Waals surface area contributed by atoms with E-state index in [1.807, 2.05) is 0 Å². The number of aliphatic carboxylic acids is 1. The maximum absolute atomic E-state index is 11.3. The predicted molar refractivity (Wildman–Crippen MR) is 59.6 cm³/mol. The SMILES string of the molecule is COc1cccc(C2NC(=O)CC2C(=O)O)c1. The first-order chi connectivity index (χ1) is 8.11. The molecule has 0 aliphatic carbocycles. The van der Waals surface area contributed by atoms with E-state index in [0.29, 0.717) is 5.75 Å². The van der Waals surface area contributed by atoms with Crippen molar-refractivity contribution >= 4 is 11.9 Å². The van der Waals surface area contributed by atoms with Crippen LogP contribution in [0.4, 0.5) is 0 Å². The first-order valence-electron chi connectivity index (χ1n) is 5.28. The molecule has 2 atom stereocenters. The summed E-state index contributed by atoms with van der Waals surface area (Å²) in [6.07, 6.45) is 0.0250. The number of ether oxygens (including phenoxy) is 1. The Morgan fingerprint density at radius 1 is 1.53 bits per heavy atom. The molecule has 1 fully saturated rings. The van der Waals surface area contributed by atoms with Gasteiger partial charge in [0.1, 0.15) is 5.75 Å². The van der Waals surface area contributed by atoms with Crippen LogP contribution in [-0.4, -0.2) is 24.1 Å². The van der Waals surface area contributed by atoms with Gasteiger partial charge in [-0.1, -0.05) is 12.1 Å². The zero-order valence-electron chi connectivity index (χ0n) is 9.34. The number of hydrogen-bond donors (Lipinski definition) is 2. The number of amides is 1. The summed E-state index contributed by atoms with van der Waals surface area (Å²) in [4.78, 5) is 22.4. The second kappa shape index (κ2) is 4.45. The van der Waals surface area contributed by atoms with Crippen LogP contribution < -0.4 is 10.1 Å². The highest BCUT2D eigenvalue weighted by atomic mass is 16.5. The highest BCUT2D eigenvalue weighted by Crippen LogP contribution is 2.31. The first-order valence-corrected chi connectivity index (χ1v) is 5.28. The van der Waals surface area contributed by atoms with Gasteiger partial charge in [-0.05, 0) is 17.7 Å². The van der Waals surface area contributed by atoms with Crippen LogP contribution in [0.1, 0.15) is 18.0 Å².